The molecule has 0 amide bonds. The standard InChI is InChI=1S/C13H14O3/c14-9-2-1-8-3-5-13(11(8)7-9)6-4-10(13)12(15)16/h1-2,7,10,14H,3-6H2,(H,15,16)/t10-,13+/m1/s1. The lowest BCUT2D eigenvalue weighted by atomic mass is 9.57. The van der Waals surface area contributed by atoms with Gasteiger partial charge in [-0.15, -0.1) is 0 Å². The largest absolute Gasteiger partial charge is 0.508 e. The van der Waals surface area contributed by atoms with E-state index in [2.05, 4.69) is 0 Å². The Balaban J connectivity index is 2.08. The number of rotatable bonds is 1. The van der Waals surface area contributed by atoms with E-state index in [1.54, 1.807) is 12.1 Å². The number of aliphatic carboxylic acids is 1. The molecule has 1 saturated carbocycles. The maximum Gasteiger partial charge on any atom is 0.307 e. The zero-order valence-electron chi connectivity index (χ0n) is 8.94. The summed E-state index contributed by atoms with van der Waals surface area (Å²) in [7, 11) is 0. The fourth-order valence-corrected chi connectivity index (χ4v) is 3.36. The predicted molar refractivity (Wildman–Crippen MR) is 58.5 cm³/mol. The highest BCUT2D eigenvalue weighted by Crippen LogP contribution is 2.56. The van der Waals surface area contributed by atoms with Crippen LogP contribution in [0, 0.1) is 5.92 Å². The van der Waals surface area contributed by atoms with E-state index in [9.17, 15) is 15.0 Å². The minimum absolute atomic E-state index is 0.181. The summed E-state index contributed by atoms with van der Waals surface area (Å²) in [4.78, 5) is 11.2. The van der Waals surface area contributed by atoms with Crippen molar-refractivity contribution >= 4 is 5.97 Å². The van der Waals surface area contributed by atoms with Crippen molar-refractivity contribution in [2.45, 2.75) is 31.1 Å². The Labute approximate surface area is 93.7 Å². The molecular formula is C13H14O3. The Bertz CT molecular complexity index is 466. The molecular weight excluding hydrogens is 204 g/mol. The summed E-state index contributed by atoms with van der Waals surface area (Å²) in [6.45, 7) is 0. The normalized spacial score (nSPS) is 31.1. The number of hydrogen-bond donors (Lipinski definition) is 2. The molecule has 2 aliphatic rings. The van der Waals surface area contributed by atoms with Gasteiger partial charge in [-0.2, -0.15) is 0 Å². The van der Waals surface area contributed by atoms with Crippen LogP contribution >= 0.6 is 0 Å². The number of hydrogen-bond acceptors (Lipinski definition) is 2. The molecule has 3 nitrogen and oxygen atoms in total. The van der Waals surface area contributed by atoms with Gasteiger partial charge in [0.15, 0.2) is 0 Å². The minimum atomic E-state index is -0.692. The number of benzene rings is 1. The molecule has 0 saturated heterocycles. The van der Waals surface area contributed by atoms with Gasteiger partial charge in [0.1, 0.15) is 5.75 Å². The zero-order chi connectivity index (χ0) is 11.3. The number of carbonyl (C=O) groups is 1. The van der Waals surface area contributed by atoms with Gasteiger partial charge in [-0.3, -0.25) is 4.79 Å². The number of phenols is 1. The Morgan fingerprint density at radius 3 is 2.81 bits per heavy atom. The second-order valence-electron chi connectivity index (χ2n) is 4.93. The Morgan fingerprint density at radius 2 is 2.19 bits per heavy atom. The van der Waals surface area contributed by atoms with Crippen LogP contribution in [-0.4, -0.2) is 16.2 Å². The maximum absolute atomic E-state index is 11.2. The lowest BCUT2D eigenvalue weighted by Crippen LogP contribution is -2.46. The molecule has 0 heterocycles. The van der Waals surface area contributed by atoms with Crippen molar-refractivity contribution in [1.29, 1.82) is 0 Å². The Hall–Kier alpha value is -1.51. The van der Waals surface area contributed by atoms with E-state index >= 15 is 0 Å². The molecule has 3 rings (SSSR count). The summed E-state index contributed by atoms with van der Waals surface area (Å²) in [6, 6.07) is 5.38. The van der Waals surface area contributed by atoms with E-state index in [1.807, 2.05) is 6.07 Å². The molecule has 2 atom stereocenters. The van der Waals surface area contributed by atoms with Gasteiger partial charge in [0.2, 0.25) is 0 Å². The van der Waals surface area contributed by atoms with E-state index in [0.29, 0.717) is 0 Å². The molecule has 2 aliphatic carbocycles. The molecule has 1 spiro atoms. The van der Waals surface area contributed by atoms with Crippen LogP contribution in [0.1, 0.15) is 30.4 Å². The third kappa shape index (κ3) is 1.06. The number of aromatic hydroxyl groups is 1. The first-order chi connectivity index (χ1) is 7.63. The molecule has 16 heavy (non-hydrogen) atoms. The van der Waals surface area contributed by atoms with Crippen molar-refractivity contribution < 1.29 is 15.0 Å². The SMILES string of the molecule is O=C(O)[C@H]1CC[C@@]12CCc1ccc(O)cc12. The van der Waals surface area contributed by atoms with Crippen LogP contribution in [0.3, 0.4) is 0 Å². The fourth-order valence-electron chi connectivity index (χ4n) is 3.36. The van der Waals surface area contributed by atoms with Crippen LogP contribution in [0.2, 0.25) is 0 Å². The quantitative estimate of drug-likeness (QED) is 0.758. The Kier molecular flexibility index (Phi) is 1.82. The van der Waals surface area contributed by atoms with Crippen LogP contribution in [0.15, 0.2) is 18.2 Å². The smallest absolute Gasteiger partial charge is 0.307 e. The number of fused-ring (bicyclic) bond motifs is 2. The van der Waals surface area contributed by atoms with Gasteiger partial charge in [-0.1, -0.05) is 6.07 Å². The molecule has 1 fully saturated rings. The summed E-state index contributed by atoms with van der Waals surface area (Å²) in [5, 5.41) is 18.7. The first-order valence-corrected chi connectivity index (χ1v) is 5.69. The van der Waals surface area contributed by atoms with Gasteiger partial charge >= 0.3 is 5.97 Å². The van der Waals surface area contributed by atoms with Crippen LogP contribution in [-0.2, 0) is 16.6 Å². The lowest BCUT2D eigenvalue weighted by molar-refractivity contribution is -0.149. The molecule has 1 aromatic carbocycles. The van der Waals surface area contributed by atoms with E-state index in [1.165, 1.54) is 5.56 Å². The molecule has 1 aromatic rings. The van der Waals surface area contributed by atoms with E-state index in [0.717, 1.165) is 31.2 Å². The average Bonchev–Trinajstić information content (AvgIpc) is 2.55. The van der Waals surface area contributed by atoms with Crippen LogP contribution in [0.5, 0.6) is 5.75 Å². The highest BCUT2D eigenvalue weighted by molar-refractivity contribution is 5.75. The second kappa shape index (κ2) is 3.00. The number of carboxylic acid groups (broad SMARTS) is 1. The highest BCUT2D eigenvalue weighted by Gasteiger charge is 2.54. The monoisotopic (exact) mass is 218 g/mol. The predicted octanol–water partition coefficient (Wildman–Crippen LogP) is 2.07. The third-order valence-corrected chi connectivity index (χ3v) is 4.31. The van der Waals surface area contributed by atoms with Crippen molar-refractivity contribution in [3.63, 3.8) is 0 Å². The van der Waals surface area contributed by atoms with Crippen molar-refractivity contribution in [1.82, 2.24) is 0 Å². The van der Waals surface area contributed by atoms with Crippen molar-refractivity contribution in [2.24, 2.45) is 5.92 Å². The Morgan fingerprint density at radius 1 is 1.38 bits per heavy atom. The summed E-state index contributed by atoms with van der Waals surface area (Å²) >= 11 is 0. The van der Waals surface area contributed by atoms with Crippen LogP contribution in [0.25, 0.3) is 0 Å². The van der Waals surface area contributed by atoms with Crippen molar-refractivity contribution in [3.05, 3.63) is 29.3 Å². The van der Waals surface area contributed by atoms with Crippen molar-refractivity contribution in [3.8, 4) is 5.75 Å². The zero-order valence-corrected chi connectivity index (χ0v) is 8.94. The summed E-state index contributed by atoms with van der Waals surface area (Å²) in [6.07, 6.45) is 3.58. The topological polar surface area (TPSA) is 57.5 Å². The number of phenolic OH excluding ortho intramolecular Hbond substituents is 1. The van der Waals surface area contributed by atoms with E-state index < -0.39 is 5.97 Å². The van der Waals surface area contributed by atoms with Gasteiger partial charge in [-0.25, -0.2) is 0 Å². The molecule has 0 radical (unpaired) electrons. The van der Waals surface area contributed by atoms with Crippen molar-refractivity contribution in [2.75, 3.05) is 0 Å². The molecule has 84 valence electrons. The number of carboxylic acids is 1. The summed E-state index contributed by atoms with van der Waals surface area (Å²) in [5.41, 5.74) is 2.11. The fraction of sp³-hybridized carbons (Fsp3) is 0.462. The van der Waals surface area contributed by atoms with Gasteiger partial charge in [0.05, 0.1) is 5.92 Å². The molecule has 2 N–H and O–H groups in total. The first-order valence-electron chi connectivity index (χ1n) is 5.69. The van der Waals surface area contributed by atoms with Gasteiger partial charge in [0.25, 0.3) is 0 Å². The highest BCUT2D eigenvalue weighted by atomic mass is 16.4. The van der Waals surface area contributed by atoms with Crippen LogP contribution < -0.4 is 0 Å². The van der Waals surface area contributed by atoms with Crippen LogP contribution in [0.4, 0.5) is 0 Å². The van der Waals surface area contributed by atoms with Gasteiger partial charge in [0, 0.05) is 5.41 Å². The molecule has 3 heteroatoms. The second-order valence-corrected chi connectivity index (χ2v) is 4.93. The summed E-state index contributed by atoms with van der Waals surface area (Å²) in [5.74, 6) is -0.700. The maximum atomic E-state index is 11.2. The lowest BCUT2D eigenvalue weighted by Gasteiger charge is -2.45. The molecule has 0 bridgehead atoms. The van der Waals surface area contributed by atoms with E-state index in [-0.39, 0.29) is 17.1 Å². The number of aryl methyl sites for hydroxylation is 1. The minimum Gasteiger partial charge on any atom is -0.508 e. The average molecular weight is 218 g/mol. The molecule has 0 aromatic heterocycles. The van der Waals surface area contributed by atoms with Gasteiger partial charge in [-0.05, 0) is 48.9 Å². The summed E-state index contributed by atoms with van der Waals surface area (Å²) < 4.78 is 0. The first kappa shape index (κ1) is 9.70. The molecule has 0 unspecified atom stereocenters. The third-order valence-electron chi connectivity index (χ3n) is 4.31. The van der Waals surface area contributed by atoms with E-state index in [4.69, 9.17) is 0 Å². The van der Waals surface area contributed by atoms with Gasteiger partial charge < -0.3 is 10.2 Å². The molecule has 0 aliphatic heterocycles.